The van der Waals surface area contributed by atoms with Crippen molar-refractivity contribution in [1.29, 1.82) is 0 Å². The van der Waals surface area contributed by atoms with Crippen LogP contribution < -0.4 is 19.7 Å². The Kier molecular flexibility index (Phi) is 8.13. The van der Waals surface area contributed by atoms with Crippen molar-refractivity contribution in [3.8, 4) is 11.5 Å². The van der Waals surface area contributed by atoms with Crippen LogP contribution in [0.25, 0.3) is 0 Å². The van der Waals surface area contributed by atoms with Crippen molar-refractivity contribution >= 4 is 27.3 Å². The topological polar surface area (TPSA) is 43.0 Å². The van der Waals surface area contributed by atoms with E-state index >= 15 is 0 Å². The van der Waals surface area contributed by atoms with Gasteiger partial charge in [-0.25, -0.2) is 0 Å². The Bertz CT molecular complexity index is 1050. The van der Waals surface area contributed by atoms with Crippen molar-refractivity contribution in [2.75, 3.05) is 43.1 Å². The Labute approximate surface area is 204 Å². The molecular weight excluding hydrogens is 480 g/mol. The summed E-state index contributed by atoms with van der Waals surface area (Å²) in [7, 11) is 0. The van der Waals surface area contributed by atoms with Gasteiger partial charge in [0, 0.05) is 35.5 Å². The van der Waals surface area contributed by atoms with E-state index in [9.17, 15) is 0 Å². The maximum absolute atomic E-state index is 6.11. The predicted octanol–water partition coefficient (Wildman–Crippen LogP) is 6.18. The highest BCUT2D eigenvalue weighted by molar-refractivity contribution is 9.10. The zero-order valence-electron chi connectivity index (χ0n) is 19.3. The fourth-order valence-electron chi connectivity index (χ4n) is 3.87. The second-order valence-corrected chi connectivity index (χ2v) is 8.96. The van der Waals surface area contributed by atoms with E-state index in [4.69, 9.17) is 14.2 Å². The molecule has 1 aliphatic heterocycles. The lowest BCUT2D eigenvalue weighted by atomic mass is 10.1. The maximum Gasteiger partial charge on any atom is 0.162 e. The number of anilines is 2. The molecule has 0 amide bonds. The van der Waals surface area contributed by atoms with Crippen molar-refractivity contribution in [2.24, 2.45) is 0 Å². The largest absolute Gasteiger partial charge is 0.490 e. The maximum atomic E-state index is 6.11. The van der Waals surface area contributed by atoms with Crippen molar-refractivity contribution in [3.63, 3.8) is 0 Å². The first kappa shape index (κ1) is 23.5. The number of nitrogens with one attached hydrogen (secondary N) is 1. The molecule has 1 heterocycles. The Balaban J connectivity index is 1.41. The molecule has 33 heavy (non-hydrogen) atoms. The zero-order chi connectivity index (χ0) is 23.0. The second-order valence-electron chi connectivity index (χ2n) is 8.10. The molecule has 0 unspecified atom stereocenters. The van der Waals surface area contributed by atoms with Crippen LogP contribution in [-0.4, -0.2) is 32.9 Å². The van der Waals surface area contributed by atoms with Gasteiger partial charge in [-0.3, -0.25) is 0 Å². The molecule has 1 fully saturated rings. The standard InChI is InChI=1S/C27H31BrN2O3/c1-3-32-26-16-22(25(28)17-27(26)33-19-21-6-4-5-20(2)15-21)18-29-23-7-9-24(10-8-23)30-11-13-31-14-12-30/h4-10,15-17,29H,3,11-14,18-19H2,1-2H3. The lowest BCUT2D eigenvalue weighted by Gasteiger charge is -2.29. The normalized spacial score (nSPS) is 13.6. The summed E-state index contributed by atoms with van der Waals surface area (Å²) in [4.78, 5) is 2.35. The molecule has 0 bridgehead atoms. The number of hydrogen-bond acceptors (Lipinski definition) is 5. The predicted molar refractivity (Wildman–Crippen MR) is 138 cm³/mol. The molecule has 1 saturated heterocycles. The molecular formula is C27H31BrN2O3. The molecule has 3 aromatic rings. The number of hydrogen-bond donors (Lipinski definition) is 1. The average Bonchev–Trinajstić information content (AvgIpc) is 2.84. The number of ether oxygens (including phenoxy) is 3. The molecule has 5 nitrogen and oxygen atoms in total. The number of halogens is 1. The first-order valence-corrected chi connectivity index (χ1v) is 12.2. The van der Waals surface area contributed by atoms with Crippen LogP contribution in [0.15, 0.2) is 65.1 Å². The van der Waals surface area contributed by atoms with Crippen LogP contribution in [-0.2, 0) is 17.9 Å². The monoisotopic (exact) mass is 510 g/mol. The van der Waals surface area contributed by atoms with Crippen LogP contribution >= 0.6 is 15.9 Å². The molecule has 4 rings (SSSR count). The molecule has 6 heteroatoms. The number of benzene rings is 3. The second kappa shape index (κ2) is 11.4. The highest BCUT2D eigenvalue weighted by Gasteiger charge is 2.13. The molecule has 1 aliphatic rings. The van der Waals surface area contributed by atoms with Gasteiger partial charge < -0.3 is 24.4 Å². The minimum Gasteiger partial charge on any atom is -0.490 e. The Morgan fingerprint density at radius 2 is 1.73 bits per heavy atom. The van der Waals surface area contributed by atoms with Gasteiger partial charge in [-0.2, -0.15) is 0 Å². The highest BCUT2D eigenvalue weighted by Crippen LogP contribution is 2.35. The first-order chi connectivity index (χ1) is 16.1. The van der Waals surface area contributed by atoms with Crippen LogP contribution in [0.3, 0.4) is 0 Å². The number of aryl methyl sites for hydroxylation is 1. The van der Waals surface area contributed by atoms with Crippen LogP contribution in [0.1, 0.15) is 23.6 Å². The summed E-state index contributed by atoms with van der Waals surface area (Å²) in [5.74, 6) is 1.50. The van der Waals surface area contributed by atoms with Crippen LogP contribution in [0.2, 0.25) is 0 Å². The fraction of sp³-hybridized carbons (Fsp3) is 0.333. The average molecular weight is 511 g/mol. The molecule has 0 atom stereocenters. The molecule has 174 valence electrons. The van der Waals surface area contributed by atoms with Gasteiger partial charge in [0.25, 0.3) is 0 Å². The van der Waals surface area contributed by atoms with Crippen molar-refractivity contribution in [2.45, 2.75) is 27.0 Å². The molecule has 1 N–H and O–H groups in total. The van der Waals surface area contributed by atoms with Gasteiger partial charge in [-0.15, -0.1) is 0 Å². The fourth-order valence-corrected chi connectivity index (χ4v) is 4.33. The quantitative estimate of drug-likeness (QED) is 0.372. The Hall–Kier alpha value is -2.70. The van der Waals surface area contributed by atoms with Gasteiger partial charge in [-0.05, 0) is 61.4 Å². The number of rotatable bonds is 9. The Morgan fingerprint density at radius 3 is 2.45 bits per heavy atom. The lowest BCUT2D eigenvalue weighted by Crippen LogP contribution is -2.36. The van der Waals surface area contributed by atoms with Crippen LogP contribution in [0.5, 0.6) is 11.5 Å². The van der Waals surface area contributed by atoms with E-state index in [0.717, 1.165) is 59.1 Å². The summed E-state index contributed by atoms with van der Waals surface area (Å²) in [5.41, 5.74) is 5.79. The third-order valence-corrected chi connectivity index (χ3v) is 6.35. The van der Waals surface area contributed by atoms with Gasteiger partial charge >= 0.3 is 0 Å². The lowest BCUT2D eigenvalue weighted by molar-refractivity contribution is 0.122. The summed E-state index contributed by atoms with van der Waals surface area (Å²) in [6.45, 7) is 9.30. The van der Waals surface area contributed by atoms with Gasteiger partial charge in [0.15, 0.2) is 11.5 Å². The first-order valence-electron chi connectivity index (χ1n) is 11.4. The van der Waals surface area contributed by atoms with E-state index < -0.39 is 0 Å². The van der Waals surface area contributed by atoms with Gasteiger partial charge in [-0.1, -0.05) is 45.8 Å². The molecule has 3 aromatic carbocycles. The number of morpholine rings is 1. The third kappa shape index (κ3) is 6.42. The summed E-state index contributed by atoms with van der Waals surface area (Å²) in [6.07, 6.45) is 0. The van der Waals surface area contributed by atoms with Gasteiger partial charge in [0.05, 0.1) is 19.8 Å². The smallest absolute Gasteiger partial charge is 0.162 e. The van der Waals surface area contributed by atoms with Crippen molar-refractivity contribution in [1.82, 2.24) is 0 Å². The SMILES string of the molecule is CCOc1cc(CNc2ccc(N3CCOCC3)cc2)c(Br)cc1OCc1cccc(C)c1. The van der Waals surface area contributed by atoms with E-state index in [1.54, 1.807) is 0 Å². The van der Waals surface area contributed by atoms with Crippen molar-refractivity contribution in [3.05, 3.63) is 81.8 Å². The van der Waals surface area contributed by atoms with E-state index in [1.165, 1.54) is 11.3 Å². The summed E-state index contributed by atoms with van der Waals surface area (Å²) >= 11 is 3.71. The van der Waals surface area contributed by atoms with Crippen LogP contribution in [0, 0.1) is 6.92 Å². The molecule has 0 saturated carbocycles. The van der Waals surface area contributed by atoms with E-state index in [2.05, 4.69) is 81.6 Å². The number of nitrogens with zero attached hydrogens (tertiary/aromatic N) is 1. The third-order valence-electron chi connectivity index (χ3n) is 5.62. The van der Waals surface area contributed by atoms with Gasteiger partial charge in [0.2, 0.25) is 0 Å². The summed E-state index contributed by atoms with van der Waals surface area (Å²) in [6, 6.07) is 21.0. The molecule has 0 aliphatic carbocycles. The van der Waals surface area contributed by atoms with E-state index in [1.807, 2.05) is 19.1 Å². The summed E-state index contributed by atoms with van der Waals surface area (Å²) in [5, 5.41) is 3.52. The summed E-state index contributed by atoms with van der Waals surface area (Å²) < 4.78 is 18.4. The molecule has 0 spiro atoms. The molecule has 0 radical (unpaired) electrons. The minimum atomic E-state index is 0.501. The van der Waals surface area contributed by atoms with Crippen molar-refractivity contribution < 1.29 is 14.2 Å². The van der Waals surface area contributed by atoms with E-state index in [-0.39, 0.29) is 0 Å². The van der Waals surface area contributed by atoms with Crippen LogP contribution in [0.4, 0.5) is 11.4 Å². The Morgan fingerprint density at radius 1 is 0.970 bits per heavy atom. The molecule has 0 aromatic heterocycles. The van der Waals surface area contributed by atoms with Gasteiger partial charge in [0.1, 0.15) is 6.61 Å². The minimum absolute atomic E-state index is 0.501. The zero-order valence-corrected chi connectivity index (χ0v) is 20.9. The van der Waals surface area contributed by atoms with E-state index in [0.29, 0.717) is 19.8 Å². The highest BCUT2D eigenvalue weighted by atomic mass is 79.9.